The molecule has 1 amide bonds. The second-order valence-electron chi connectivity index (χ2n) is 5.22. The SMILES string of the molecule is C[C@@H](OC(=O)c1csc(-c2ccccc2)n1)C(=O)Nc1sccc1C#N. The van der Waals surface area contributed by atoms with Crippen molar-refractivity contribution in [2.24, 2.45) is 0 Å². The second kappa shape index (κ2) is 7.91. The molecule has 8 heteroatoms. The lowest BCUT2D eigenvalue weighted by Crippen LogP contribution is -2.30. The molecule has 0 aliphatic heterocycles. The van der Waals surface area contributed by atoms with Gasteiger partial charge < -0.3 is 10.1 Å². The van der Waals surface area contributed by atoms with Gasteiger partial charge in [0.05, 0.1) is 5.56 Å². The number of nitriles is 1. The summed E-state index contributed by atoms with van der Waals surface area (Å²) >= 11 is 2.56. The highest BCUT2D eigenvalue weighted by atomic mass is 32.1. The molecule has 0 saturated heterocycles. The highest BCUT2D eigenvalue weighted by molar-refractivity contribution is 7.14. The average molecular weight is 383 g/mol. The summed E-state index contributed by atoms with van der Waals surface area (Å²) in [5, 5.41) is 16.0. The first-order valence-electron chi connectivity index (χ1n) is 7.59. The number of rotatable bonds is 5. The van der Waals surface area contributed by atoms with Crippen LogP contribution in [0.15, 0.2) is 47.2 Å². The van der Waals surface area contributed by atoms with Crippen LogP contribution >= 0.6 is 22.7 Å². The minimum Gasteiger partial charge on any atom is -0.448 e. The van der Waals surface area contributed by atoms with E-state index in [1.54, 1.807) is 16.8 Å². The zero-order chi connectivity index (χ0) is 18.5. The van der Waals surface area contributed by atoms with E-state index in [4.69, 9.17) is 10.00 Å². The first-order valence-corrected chi connectivity index (χ1v) is 9.35. The Balaban J connectivity index is 1.63. The van der Waals surface area contributed by atoms with Crippen molar-refractivity contribution in [3.05, 3.63) is 58.4 Å². The number of ether oxygens (including phenoxy) is 1. The van der Waals surface area contributed by atoms with Crippen molar-refractivity contribution in [2.45, 2.75) is 13.0 Å². The molecular weight excluding hydrogens is 370 g/mol. The largest absolute Gasteiger partial charge is 0.448 e. The lowest BCUT2D eigenvalue weighted by atomic mass is 10.2. The summed E-state index contributed by atoms with van der Waals surface area (Å²) < 4.78 is 5.18. The van der Waals surface area contributed by atoms with Crippen LogP contribution in [0.5, 0.6) is 0 Å². The molecule has 130 valence electrons. The molecule has 1 aromatic carbocycles. The van der Waals surface area contributed by atoms with Crippen LogP contribution in [0.4, 0.5) is 5.00 Å². The number of thiophene rings is 1. The molecule has 0 unspecified atom stereocenters. The molecule has 2 heterocycles. The first-order chi connectivity index (χ1) is 12.6. The molecule has 3 aromatic rings. The predicted octanol–water partition coefficient (Wildman–Crippen LogP) is 3.93. The van der Waals surface area contributed by atoms with Crippen LogP contribution in [0.1, 0.15) is 23.0 Å². The second-order valence-corrected chi connectivity index (χ2v) is 6.99. The summed E-state index contributed by atoms with van der Waals surface area (Å²) in [7, 11) is 0. The molecule has 0 saturated carbocycles. The fourth-order valence-electron chi connectivity index (χ4n) is 2.06. The van der Waals surface area contributed by atoms with Gasteiger partial charge in [-0.15, -0.1) is 22.7 Å². The normalized spacial score (nSPS) is 11.4. The Labute approximate surface area is 157 Å². The number of esters is 1. The number of anilines is 1. The van der Waals surface area contributed by atoms with Gasteiger partial charge in [0.15, 0.2) is 11.8 Å². The molecule has 2 aromatic heterocycles. The molecule has 3 rings (SSSR count). The molecule has 0 radical (unpaired) electrons. The minimum atomic E-state index is -1.02. The van der Waals surface area contributed by atoms with Crippen molar-refractivity contribution in [2.75, 3.05) is 5.32 Å². The van der Waals surface area contributed by atoms with E-state index >= 15 is 0 Å². The quantitative estimate of drug-likeness (QED) is 0.674. The molecule has 0 aliphatic carbocycles. The summed E-state index contributed by atoms with van der Waals surface area (Å²) in [5.74, 6) is -1.17. The van der Waals surface area contributed by atoms with E-state index in [1.807, 2.05) is 36.4 Å². The van der Waals surface area contributed by atoms with Crippen LogP contribution < -0.4 is 5.32 Å². The Hall–Kier alpha value is -3.02. The van der Waals surface area contributed by atoms with Gasteiger partial charge in [-0.3, -0.25) is 4.79 Å². The van der Waals surface area contributed by atoms with Crippen LogP contribution in [-0.2, 0) is 9.53 Å². The highest BCUT2D eigenvalue weighted by Crippen LogP contribution is 2.24. The number of nitrogens with one attached hydrogen (secondary N) is 1. The number of carbonyl (C=O) groups is 2. The Kier molecular flexibility index (Phi) is 5.41. The number of aromatic nitrogens is 1. The van der Waals surface area contributed by atoms with E-state index in [2.05, 4.69) is 10.3 Å². The summed E-state index contributed by atoms with van der Waals surface area (Å²) in [6.07, 6.45) is -1.02. The number of carbonyl (C=O) groups excluding carboxylic acids is 2. The molecular formula is C18H13N3O3S2. The van der Waals surface area contributed by atoms with Crippen LogP contribution in [0.3, 0.4) is 0 Å². The highest BCUT2D eigenvalue weighted by Gasteiger charge is 2.22. The average Bonchev–Trinajstić information content (AvgIpc) is 3.31. The maximum atomic E-state index is 12.2. The molecule has 1 N–H and O–H groups in total. The maximum Gasteiger partial charge on any atom is 0.358 e. The molecule has 0 spiro atoms. The Bertz CT molecular complexity index is 973. The van der Waals surface area contributed by atoms with E-state index in [0.29, 0.717) is 15.6 Å². The Morgan fingerprint density at radius 2 is 2.00 bits per heavy atom. The Morgan fingerprint density at radius 3 is 2.73 bits per heavy atom. The molecule has 0 fully saturated rings. The van der Waals surface area contributed by atoms with E-state index < -0.39 is 18.0 Å². The molecule has 0 aliphatic rings. The van der Waals surface area contributed by atoms with Gasteiger partial charge in [-0.25, -0.2) is 9.78 Å². The monoisotopic (exact) mass is 383 g/mol. The number of hydrogen-bond acceptors (Lipinski definition) is 7. The van der Waals surface area contributed by atoms with Crippen molar-refractivity contribution < 1.29 is 14.3 Å². The first kappa shape index (κ1) is 17.8. The van der Waals surface area contributed by atoms with Gasteiger partial charge in [-0.2, -0.15) is 5.26 Å². The Morgan fingerprint density at radius 1 is 1.23 bits per heavy atom. The van der Waals surface area contributed by atoms with Gasteiger partial charge in [0, 0.05) is 10.9 Å². The van der Waals surface area contributed by atoms with E-state index in [1.165, 1.54) is 29.6 Å². The summed E-state index contributed by atoms with van der Waals surface area (Å²) in [6.45, 7) is 1.47. The van der Waals surface area contributed by atoms with Crippen LogP contribution in [0.2, 0.25) is 0 Å². The van der Waals surface area contributed by atoms with Crippen LogP contribution in [0.25, 0.3) is 10.6 Å². The predicted molar refractivity (Wildman–Crippen MR) is 100 cm³/mol. The van der Waals surface area contributed by atoms with Gasteiger partial charge in [-0.1, -0.05) is 30.3 Å². The molecule has 1 atom stereocenters. The smallest absolute Gasteiger partial charge is 0.358 e. The van der Waals surface area contributed by atoms with Crippen molar-refractivity contribution in [1.82, 2.24) is 4.98 Å². The minimum absolute atomic E-state index is 0.155. The van der Waals surface area contributed by atoms with Gasteiger partial charge in [0.25, 0.3) is 5.91 Å². The molecule has 6 nitrogen and oxygen atoms in total. The molecule has 0 bridgehead atoms. The summed E-state index contributed by atoms with van der Waals surface area (Å²) in [5.41, 5.74) is 1.43. The van der Waals surface area contributed by atoms with Gasteiger partial charge in [0.2, 0.25) is 0 Å². The van der Waals surface area contributed by atoms with E-state index in [-0.39, 0.29) is 5.69 Å². The number of hydrogen-bond donors (Lipinski definition) is 1. The van der Waals surface area contributed by atoms with Gasteiger partial charge >= 0.3 is 5.97 Å². The van der Waals surface area contributed by atoms with Gasteiger partial charge in [-0.05, 0) is 18.4 Å². The third-order valence-corrected chi connectivity index (χ3v) is 5.13. The number of nitrogens with zero attached hydrogens (tertiary/aromatic N) is 2. The topological polar surface area (TPSA) is 92.1 Å². The van der Waals surface area contributed by atoms with Crippen molar-refractivity contribution in [3.8, 4) is 16.6 Å². The lowest BCUT2D eigenvalue weighted by Gasteiger charge is -2.12. The number of thiazole rings is 1. The summed E-state index contributed by atoms with van der Waals surface area (Å²) in [6, 6.07) is 13.1. The standard InChI is InChI=1S/C18H13N3O3S2/c1-11(15(22)21-17-13(9-19)7-8-25-17)24-18(23)14-10-26-16(20-14)12-5-3-2-4-6-12/h2-8,10-11H,1H3,(H,21,22)/t11-/m1/s1. The zero-order valence-electron chi connectivity index (χ0n) is 13.6. The van der Waals surface area contributed by atoms with Crippen molar-refractivity contribution >= 4 is 39.6 Å². The fraction of sp³-hybridized carbons (Fsp3) is 0.111. The van der Waals surface area contributed by atoms with Crippen molar-refractivity contribution in [1.29, 1.82) is 5.26 Å². The van der Waals surface area contributed by atoms with Crippen LogP contribution in [0, 0.1) is 11.3 Å². The van der Waals surface area contributed by atoms with Crippen molar-refractivity contribution in [3.63, 3.8) is 0 Å². The molecule has 26 heavy (non-hydrogen) atoms. The third kappa shape index (κ3) is 3.96. The lowest BCUT2D eigenvalue weighted by molar-refractivity contribution is -0.123. The number of amides is 1. The summed E-state index contributed by atoms with van der Waals surface area (Å²) in [4.78, 5) is 28.7. The van der Waals surface area contributed by atoms with Gasteiger partial charge in [0.1, 0.15) is 16.1 Å². The number of benzene rings is 1. The maximum absolute atomic E-state index is 12.2. The van der Waals surface area contributed by atoms with E-state index in [0.717, 1.165) is 5.56 Å². The van der Waals surface area contributed by atoms with Crippen LogP contribution in [-0.4, -0.2) is 23.0 Å². The van der Waals surface area contributed by atoms with E-state index in [9.17, 15) is 9.59 Å². The third-order valence-electron chi connectivity index (χ3n) is 3.41. The fourth-order valence-corrected chi connectivity index (χ4v) is 3.60. The zero-order valence-corrected chi connectivity index (χ0v) is 15.3.